The van der Waals surface area contributed by atoms with Gasteiger partial charge in [0.15, 0.2) is 6.10 Å². The third-order valence-corrected chi connectivity index (χ3v) is 12.2. The molecule has 1 aliphatic heterocycles. The zero-order chi connectivity index (χ0) is 45.9. The maximum atomic E-state index is 13.5. The minimum absolute atomic E-state index is 0.0913. The summed E-state index contributed by atoms with van der Waals surface area (Å²) in [6.07, 6.45) is 6.70. The van der Waals surface area contributed by atoms with Crippen molar-refractivity contribution in [2.24, 2.45) is 11.8 Å². The summed E-state index contributed by atoms with van der Waals surface area (Å²) in [5.41, 5.74) is 0. The quantitative estimate of drug-likeness (QED) is 0.0345. The molecular weight excluding hydrogens is 827 g/mol. The Labute approximate surface area is 368 Å². The normalized spacial score (nSPS) is 33.1. The largest absolute Gasteiger partial charge is 0.472 e. The number of hydrogen-bond donors (Lipinski definition) is 9. The molecule has 0 saturated heterocycles. The zero-order valence-electron chi connectivity index (χ0n) is 36.7. The van der Waals surface area contributed by atoms with Crippen LogP contribution in [0.15, 0.2) is 48.6 Å². The minimum atomic E-state index is -5.44. The van der Waals surface area contributed by atoms with Crippen LogP contribution in [0.5, 0.6) is 0 Å². The van der Waals surface area contributed by atoms with Crippen molar-refractivity contribution < 1.29 is 78.4 Å². The number of aliphatic hydroxyl groups is 8. The number of carbonyl (C=O) groups excluding carboxylic acids is 2. The first-order valence-corrected chi connectivity index (χ1v) is 24.2. The molecule has 62 heavy (non-hydrogen) atoms. The molecule has 0 amide bonds. The van der Waals surface area contributed by atoms with Gasteiger partial charge in [0.1, 0.15) is 31.0 Å². The van der Waals surface area contributed by atoms with Gasteiger partial charge in [-0.2, -0.15) is 0 Å². The van der Waals surface area contributed by atoms with Gasteiger partial charge in [0, 0.05) is 31.1 Å². The second kappa shape index (κ2) is 31.5. The van der Waals surface area contributed by atoms with Crippen LogP contribution in [-0.2, 0) is 32.7 Å². The summed E-state index contributed by atoms with van der Waals surface area (Å²) in [4.78, 5) is 36.3. The van der Waals surface area contributed by atoms with Gasteiger partial charge in [0.2, 0.25) is 0 Å². The van der Waals surface area contributed by atoms with Gasteiger partial charge in [-0.25, -0.2) is 4.57 Å². The summed E-state index contributed by atoms with van der Waals surface area (Å²) >= 11 is 0. The molecule has 0 aromatic carbocycles. The Bertz CT molecular complexity index is 1410. The standard InChI is InChI=1S/C45H77O16P/c1-3-5-7-8-9-10-11-12-13-14-15-16-21-25-38(49)58-30-33-31-59-62(56,57)61-45-43(54)41(52)35(28-27-32(46)23-19-6-4-2)37(48)29-36(47)34(40(51)42(53)44(45)55)24-20-17-18-22-26-39(50)60-33/h7-8,10-11,17,20,27-28,32-37,40-48,51-55H,3-6,9,12-16,18-19,21-26,29-31H2,1-2H3,(H,56,57)/b8-7-,11-10-,20-17?,28-27+/t32-,33+,34-,35-,36-,37+,40+,41+,42-,43+,44+,45+/m0/s1. The number of carbonyl (C=O) groups is 2. The number of esters is 2. The average Bonchev–Trinajstić information content (AvgIpc) is 3.23. The van der Waals surface area contributed by atoms with Crippen LogP contribution >= 0.6 is 7.82 Å². The van der Waals surface area contributed by atoms with Crippen LogP contribution in [0.2, 0.25) is 0 Å². The highest BCUT2D eigenvalue weighted by Gasteiger charge is 2.49. The van der Waals surface area contributed by atoms with E-state index in [1.54, 1.807) is 12.2 Å². The number of cyclic esters (lactones) is 1. The highest BCUT2D eigenvalue weighted by molar-refractivity contribution is 7.47. The number of phosphoric acid groups is 1. The summed E-state index contributed by atoms with van der Waals surface area (Å²) in [5.74, 6) is -4.04. The van der Waals surface area contributed by atoms with E-state index in [-0.39, 0.29) is 25.7 Å². The number of unbranched alkanes of at least 4 members (excludes halogenated alkanes) is 8. The van der Waals surface area contributed by atoms with Crippen LogP contribution in [0, 0.1) is 11.8 Å². The van der Waals surface area contributed by atoms with Crippen molar-refractivity contribution in [3.63, 3.8) is 0 Å². The van der Waals surface area contributed by atoms with Crippen LogP contribution in [-0.4, -0.2) is 132 Å². The van der Waals surface area contributed by atoms with Crippen molar-refractivity contribution >= 4 is 19.8 Å². The van der Waals surface area contributed by atoms with E-state index in [4.69, 9.17) is 18.5 Å². The number of fused-ring (bicyclic) bond motifs is 4. The molecule has 13 atom stereocenters. The molecule has 358 valence electrons. The number of ether oxygens (including phenoxy) is 2. The van der Waals surface area contributed by atoms with Crippen LogP contribution in [0.4, 0.5) is 0 Å². The Morgan fingerprint density at radius 3 is 2.26 bits per heavy atom. The molecule has 1 fully saturated rings. The predicted octanol–water partition coefficient (Wildman–Crippen LogP) is 4.77. The fraction of sp³-hybridized carbons (Fsp3) is 0.778. The summed E-state index contributed by atoms with van der Waals surface area (Å²) in [7, 11) is -5.44. The first-order valence-electron chi connectivity index (χ1n) is 22.7. The van der Waals surface area contributed by atoms with Crippen molar-refractivity contribution in [3.05, 3.63) is 48.6 Å². The van der Waals surface area contributed by atoms with Crippen LogP contribution in [0.25, 0.3) is 0 Å². The lowest BCUT2D eigenvalue weighted by molar-refractivity contribution is -0.167. The highest BCUT2D eigenvalue weighted by atomic mass is 31.2. The second-order valence-electron chi connectivity index (χ2n) is 16.5. The lowest BCUT2D eigenvalue weighted by Crippen LogP contribution is -2.55. The molecule has 1 unspecified atom stereocenters. The van der Waals surface area contributed by atoms with Crippen molar-refractivity contribution in [3.8, 4) is 0 Å². The second-order valence-corrected chi connectivity index (χ2v) is 17.9. The third kappa shape index (κ3) is 22.1. The van der Waals surface area contributed by atoms with E-state index < -0.39 is 112 Å². The molecule has 0 radical (unpaired) electrons. The molecule has 16 nitrogen and oxygen atoms in total. The monoisotopic (exact) mass is 904 g/mol. The van der Waals surface area contributed by atoms with E-state index in [1.165, 1.54) is 12.2 Å². The van der Waals surface area contributed by atoms with Crippen molar-refractivity contribution in [1.82, 2.24) is 0 Å². The smallest absolute Gasteiger partial charge is 0.462 e. The molecule has 2 rings (SSSR count). The van der Waals surface area contributed by atoms with E-state index in [9.17, 15) is 59.9 Å². The van der Waals surface area contributed by atoms with Gasteiger partial charge >= 0.3 is 19.8 Å². The van der Waals surface area contributed by atoms with Gasteiger partial charge in [-0.3, -0.25) is 18.6 Å². The van der Waals surface area contributed by atoms with Gasteiger partial charge in [0.05, 0.1) is 37.1 Å². The average molecular weight is 905 g/mol. The minimum Gasteiger partial charge on any atom is -0.462 e. The number of phosphoric ester groups is 1. The SMILES string of the molecule is CCC/C=C\C/C=C\CCCCCCCC(=O)OC[C@@H]1COP(=O)(O)O[C@H]2[C@H](O)[C@@H](O)[C@H](O)[C@@H](CC=CCCCC(=O)O1)[C@@H](O)C[C@@H](O)[C@H](/C=C/[C@@H](O)CCCCC)[C@@H](O)[C@H]2O. The van der Waals surface area contributed by atoms with Gasteiger partial charge in [-0.15, -0.1) is 0 Å². The Morgan fingerprint density at radius 2 is 1.53 bits per heavy atom. The summed E-state index contributed by atoms with van der Waals surface area (Å²) in [6.45, 7) is 2.73. The van der Waals surface area contributed by atoms with Gasteiger partial charge < -0.3 is 55.2 Å². The lowest BCUT2D eigenvalue weighted by atomic mass is 9.83. The van der Waals surface area contributed by atoms with E-state index >= 15 is 0 Å². The first kappa shape index (κ1) is 55.8. The Hall–Kier alpha value is -2.31. The maximum Gasteiger partial charge on any atom is 0.472 e. The fourth-order valence-electron chi connectivity index (χ4n) is 7.38. The molecule has 1 aliphatic carbocycles. The molecule has 2 bridgehead atoms. The molecule has 0 aromatic rings. The Balaban J connectivity index is 2.22. The Kier molecular flexibility index (Phi) is 28.4. The molecule has 1 saturated carbocycles. The Morgan fingerprint density at radius 1 is 0.839 bits per heavy atom. The summed E-state index contributed by atoms with van der Waals surface area (Å²) < 4.78 is 34.6. The van der Waals surface area contributed by atoms with Crippen molar-refractivity contribution in [2.75, 3.05) is 13.2 Å². The molecule has 2 aliphatic rings. The number of aliphatic hydroxyl groups excluding tert-OH is 8. The van der Waals surface area contributed by atoms with Crippen LogP contribution in [0.1, 0.15) is 136 Å². The summed E-state index contributed by atoms with van der Waals surface area (Å²) in [6, 6.07) is 0. The first-order chi connectivity index (χ1) is 29.6. The number of rotatable bonds is 20. The topological polar surface area (TPSA) is 270 Å². The number of allylic oxidation sites excluding steroid dienone is 6. The predicted molar refractivity (Wildman–Crippen MR) is 232 cm³/mol. The van der Waals surface area contributed by atoms with E-state index in [0.29, 0.717) is 25.7 Å². The van der Waals surface area contributed by atoms with Gasteiger partial charge in [0.25, 0.3) is 0 Å². The summed E-state index contributed by atoms with van der Waals surface area (Å²) in [5, 5.41) is 89.8. The van der Waals surface area contributed by atoms with Gasteiger partial charge in [-0.05, 0) is 57.8 Å². The van der Waals surface area contributed by atoms with E-state index in [2.05, 4.69) is 31.2 Å². The highest BCUT2D eigenvalue weighted by Crippen LogP contribution is 2.47. The number of hydrogen-bond acceptors (Lipinski definition) is 15. The molecule has 0 aromatic heterocycles. The van der Waals surface area contributed by atoms with E-state index in [0.717, 1.165) is 64.2 Å². The molecule has 0 spiro atoms. The molecular formula is C45H77O16P. The fourth-order valence-corrected chi connectivity index (χ4v) is 8.35. The van der Waals surface area contributed by atoms with Crippen molar-refractivity contribution in [2.45, 2.75) is 197 Å². The van der Waals surface area contributed by atoms with E-state index in [1.807, 2.05) is 6.92 Å². The zero-order valence-corrected chi connectivity index (χ0v) is 37.6. The maximum absolute atomic E-state index is 13.5. The third-order valence-electron chi connectivity index (χ3n) is 11.2. The van der Waals surface area contributed by atoms with Crippen LogP contribution < -0.4 is 0 Å². The molecule has 17 heteroatoms. The van der Waals surface area contributed by atoms with Gasteiger partial charge in [-0.1, -0.05) is 107 Å². The van der Waals surface area contributed by atoms with Crippen molar-refractivity contribution in [1.29, 1.82) is 0 Å². The molecule has 1 heterocycles. The lowest BCUT2D eigenvalue weighted by Gasteiger charge is -2.37. The molecule has 9 N–H and O–H groups in total. The van der Waals surface area contributed by atoms with Crippen LogP contribution in [0.3, 0.4) is 0 Å².